The lowest BCUT2D eigenvalue weighted by Gasteiger charge is -2.19. The van der Waals surface area contributed by atoms with Gasteiger partial charge in [-0.1, -0.05) is 13.3 Å². The van der Waals surface area contributed by atoms with Crippen molar-refractivity contribution in [1.29, 1.82) is 5.41 Å². The van der Waals surface area contributed by atoms with E-state index in [9.17, 15) is 0 Å². The molecule has 0 amide bonds. The van der Waals surface area contributed by atoms with E-state index in [0.29, 0.717) is 23.5 Å². The van der Waals surface area contributed by atoms with Crippen LogP contribution in [-0.2, 0) is 7.05 Å². The molecule has 2 unspecified atom stereocenters. The minimum atomic E-state index is 0.417. The van der Waals surface area contributed by atoms with Gasteiger partial charge in [0.1, 0.15) is 5.82 Å². The zero-order valence-corrected chi connectivity index (χ0v) is 12.9. The van der Waals surface area contributed by atoms with Crippen LogP contribution < -0.4 is 10.6 Å². The minimum Gasteiger partial charge on any atom is -0.366 e. The molecule has 7 nitrogen and oxygen atoms in total. The number of nitrogens with zero attached hydrogens (tertiary/aromatic N) is 4. The average Bonchev–Trinajstić information content (AvgIpc) is 3.09. The second-order valence-corrected chi connectivity index (χ2v) is 5.83. The molecule has 3 N–H and O–H groups in total. The van der Waals surface area contributed by atoms with Gasteiger partial charge in [0.2, 0.25) is 5.95 Å². The first-order valence-electron chi connectivity index (χ1n) is 7.55. The highest BCUT2D eigenvalue weighted by Gasteiger charge is 2.24. The van der Waals surface area contributed by atoms with Crippen LogP contribution in [0.5, 0.6) is 0 Å². The van der Waals surface area contributed by atoms with Crippen LogP contribution in [0.3, 0.4) is 0 Å². The van der Waals surface area contributed by atoms with Crippen molar-refractivity contribution in [2.75, 3.05) is 10.6 Å². The maximum atomic E-state index is 7.53. The fraction of sp³-hybridized carbons (Fsp3) is 0.467. The van der Waals surface area contributed by atoms with Gasteiger partial charge in [0.15, 0.2) is 0 Å². The molecule has 1 fully saturated rings. The Bertz CT molecular complexity index is 664. The normalized spacial score (nSPS) is 20.8. The second-order valence-electron chi connectivity index (χ2n) is 5.83. The van der Waals surface area contributed by atoms with Crippen molar-refractivity contribution >= 4 is 23.7 Å². The largest absolute Gasteiger partial charge is 0.366 e. The zero-order valence-electron chi connectivity index (χ0n) is 12.9. The number of anilines is 3. The fourth-order valence-electron chi connectivity index (χ4n) is 2.82. The summed E-state index contributed by atoms with van der Waals surface area (Å²) < 4.78 is 1.72. The summed E-state index contributed by atoms with van der Waals surface area (Å²) in [6.45, 7) is 2.25. The summed E-state index contributed by atoms with van der Waals surface area (Å²) in [7, 11) is 1.86. The Morgan fingerprint density at radius 1 is 1.36 bits per heavy atom. The maximum absolute atomic E-state index is 7.53. The molecule has 0 radical (unpaired) electrons. The highest BCUT2D eigenvalue weighted by atomic mass is 15.3. The first-order valence-corrected chi connectivity index (χ1v) is 7.55. The first-order chi connectivity index (χ1) is 10.7. The monoisotopic (exact) mass is 299 g/mol. The van der Waals surface area contributed by atoms with E-state index in [1.807, 2.05) is 13.2 Å². The van der Waals surface area contributed by atoms with Gasteiger partial charge in [-0.05, 0) is 18.8 Å². The van der Waals surface area contributed by atoms with Gasteiger partial charge in [0, 0.05) is 31.7 Å². The van der Waals surface area contributed by atoms with Crippen LogP contribution in [0.15, 0.2) is 18.6 Å². The van der Waals surface area contributed by atoms with E-state index in [1.165, 1.54) is 19.1 Å². The van der Waals surface area contributed by atoms with Gasteiger partial charge < -0.3 is 16.0 Å². The molecule has 0 spiro atoms. The van der Waals surface area contributed by atoms with Crippen LogP contribution in [0.2, 0.25) is 0 Å². The topological polar surface area (TPSA) is 91.5 Å². The average molecular weight is 299 g/mol. The molecule has 0 saturated heterocycles. The van der Waals surface area contributed by atoms with Gasteiger partial charge in [0.05, 0.1) is 17.4 Å². The van der Waals surface area contributed by atoms with Gasteiger partial charge in [-0.15, -0.1) is 0 Å². The van der Waals surface area contributed by atoms with Crippen molar-refractivity contribution < 1.29 is 0 Å². The van der Waals surface area contributed by atoms with Gasteiger partial charge in [-0.2, -0.15) is 10.1 Å². The summed E-state index contributed by atoms with van der Waals surface area (Å²) >= 11 is 0. The van der Waals surface area contributed by atoms with Crippen molar-refractivity contribution in [2.24, 2.45) is 13.0 Å². The third-order valence-electron chi connectivity index (χ3n) is 4.12. The Hall–Kier alpha value is -2.44. The van der Waals surface area contributed by atoms with E-state index >= 15 is 0 Å². The lowest BCUT2D eigenvalue weighted by atomic mass is 10.1. The van der Waals surface area contributed by atoms with Gasteiger partial charge in [0.25, 0.3) is 0 Å². The molecular weight excluding hydrogens is 278 g/mol. The smallest absolute Gasteiger partial charge is 0.229 e. The van der Waals surface area contributed by atoms with E-state index in [2.05, 4.69) is 32.6 Å². The van der Waals surface area contributed by atoms with Crippen LogP contribution in [0, 0.1) is 11.3 Å². The second kappa shape index (κ2) is 6.13. The predicted molar refractivity (Wildman–Crippen MR) is 86.8 cm³/mol. The Kier molecular flexibility index (Phi) is 4.04. The third-order valence-corrected chi connectivity index (χ3v) is 4.12. The molecule has 1 saturated carbocycles. The Labute approximate surface area is 129 Å². The Morgan fingerprint density at radius 3 is 2.86 bits per heavy atom. The lowest BCUT2D eigenvalue weighted by Crippen LogP contribution is -2.23. The standard InChI is InChI=1S/C15H21N7/c1-10-4-3-5-13(10)20-14-11(6-16)7-17-15(21-14)19-12-8-18-22(2)9-12/h6-10,13,16H,3-5H2,1-2H3,(H2,17,19,20,21). The zero-order chi connectivity index (χ0) is 15.5. The lowest BCUT2D eigenvalue weighted by molar-refractivity contribution is 0.555. The van der Waals surface area contributed by atoms with Crippen LogP contribution in [-0.4, -0.2) is 32.0 Å². The van der Waals surface area contributed by atoms with E-state index in [4.69, 9.17) is 5.41 Å². The molecule has 0 aliphatic heterocycles. The molecule has 22 heavy (non-hydrogen) atoms. The number of hydrogen-bond acceptors (Lipinski definition) is 6. The van der Waals surface area contributed by atoms with Crippen LogP contribution in [0.1, 0.15) is 31.7 Å². The summed E-state index contributed by atoms with van der Waals surface area (Å²) in [4.78, 5) is 8.78. The van der Waals surface area contributed by atoms with Crippen molar-refractivity contribution in [3.05, 3.63) is 24.2 Å². The summed E-state index contributed by atoms with van der Waals surface area (Å²) in [5, 5.41) is 18.2. The molecule has 7 heteroatoms. The number of aryl methyl sites for hydroxylation is 1. The Morgan fingerprint density at radius 2 is 2.23 bits per heavy atom. The van der Waals surface area contributed by atoms with Crippen molar-refractivity contribution in [2.45, 2.75) is 32.2 Å². The van der Waals surface area contributed by atoms with Crippen molar-refractivity contribution in [1.82, 2.24) is 19.7 Å². The van der Waals surface area contributed by atoms with Crippen molar-refractivity contribution in [3.63, 3.8) is 0 Å². The Balaban J connectivity index is 1.80. The number of hydrogen-bond donors (Lipinski definition) is 3. The molecule has 1 aliphatic rings. The first kappa shape index (κ1) is 14.5. The summed E-state index contributed by atoms with van der Waals surface area (Å²) in [6.07, 6.45) is 10.2. The quantitative estimate of drug-likeness (QED) is 0.738. The van der Waals surface area contributed by atoms with Gasteiger partial charge >= 0.3 is 0 Å². The van der Waals surface area contributed by atoms with Crippen LogP contribution in [0.25, 0.3) is 0 Å². The van der Waals surface area contributed by atoms with E-state index in [0.717, 1.165) is 17.9 Å². The van der Waals surface area contributed by atoms with E-state index < -0.39 is 0 Å². The minimum absolute atomic E-state index is 0.417. The molecule has 2 heterocycles. The third kappa shape index (κ3) is 3.08. The van der Waals surface area contributed by atoms with Crippen LogP contribution in [0.4, 0.5) is 17.5 Å². The maximum Gasteiger partial charge on any atom is 0.229 e. The van der Waals surface area contributed by atoms with Crippen molar-refractivity contribution in [3.8, 4) is 0 Å². The number of rotatable bonds is 5. The number of aromatic nitrogens is 4. The molecule has 0 aromatic carbocycles. The van der Waals surface area contributed by atoms with Crippen LogP contribution >= 0.6 is 0 Å². The predicted octanol–water partition coefficient (Wildman–Crippen LogP) is 2.55. The molecule has 2 aromatic rings. The summed E-state index contributed by atoms with van der Waals surface area (Å²) in [6, 6.07) is 0.417. The summed E-state index contributed by atoms with van der Waals surface area (Å²) in [5.41, 5.74) is 1.54. The van der Waals surface area contributed by atoms with E-state index in [1.54, 1.807) is 17.1 Å². The molecule has 116 valence electrons. The molecule has 0 bridgehead atoms. The summed E-state index contributed by atoms with van der Waals surface area (Å²) in [5.74, 6) is 1.85. The molecule has 2 atom stereocenters. The van der Waals surface area contributed by atoms with Gasteiger partial charge in [-0.25, -0.2) is 4.98 Å². The SMILES string of the molecule is CC1CCCC1Nc1nc(Nc2cnn(C)c2)ncc1C=N. The fourth-order valence-corrected chi connectivity index (χ4v) is 2.82. The number of nitrogens with one attached hydrogen (secondary N) is 3. The highest BCUT2D eigenvalue weighted by Crippen LogP contribution is 2.28. The van der Waals surface area contributed by atoms with E-state index in [-0.39, 0.29) is 0 Å². The highest BCUT2D eigenvalue weighted by molar-refractivity contribution is 5.84. The molecule has 2 aromatic heterocycles. The molecule has 3 rings (SSSR count). The molecular formula is C15H21N7. The molecule has 1 aliphatic carbocycles. The van der Waals surface area contributed by atoms with Gasteiger partial charge in [-0.3, -0.25) is 4.68 Å².